The Morgan fingerprint density at radius 1 is 1.50 bits per heavy atom. The highest BCUT2D eigenvalue weighted by molar-refractivity contribution is 5.70. The van der Waals surface area contributed by atoms with Gasteiger partial charge < -0.3 is 4.98 Å². The molecule has 2 rings (SSSR count). The lowest BCUT2D eigenvalue weighted by Gasteiger charge is -2.03. The second-order valence-corrected chi connectivity index (χ2v) is 3.24. The summed E-state index contributed by atoms with van der Waals surface area (Å²) in [7, 11) is 0. The van der Waals surface area contributed by atoms with Crippen molar-refractivity contribution < 1.29 is 0 Å². The van der Waals surface area contributed by atoms with E-state index in [1.165, 1.54) is 0 Å². The number of aromatic nitrogens is 4. The van der Waals surface area contributed by atoms with Crippen molar-refractivity contribution in [2.24, 2.45) is 0 Å². The van der Waals surface area contributed by atoms with Crippen LogP contribution in [0.15, 0.2) is 6.20 Å². The lowest BCUT2D eigenvalue weighted by atomic mass is 10.4. The van der Waals surface area contributed by atoms with Gasteiger partial charge in [-0.25, -0.2) is 9.67 Å². The minimum absolute atomic E-state index is 0.366. The van der Waals surface area contributed by atoms with Crippen LogP contribution in [0.4, 0.5) is 0 Å². The lowest BCUT2D eigenvalue weighted by Crippen LogP contribution is -2.02. The molecule has 0 bridgehead atoms. The van der Waals surface area contributed by atoms with Gasteiger partial charge in [0.15, 0.2) is 5.65 Å². The highest BCUT2D eigenvalue weighted by Gasteiger charge is 2.08. The van der Waals surface area contributed by atoms with E-state index in [2.05, 4.69) is 28.9 Å². The maximum absolute atomic E-state index is 4.34. The third-order valence-electron chi connectivity index (χ3n) is 1.85. The SMILES string of the molecule is Cc1nc2c(cnn2C(C)C)[nH]1. The lowest BCUT2D eigenvalue weighted by molar-refractivity contribution is 0.546. The fraction of sp³-hybridized carbons (Fsp3) is 0.500. The summed E-state index contributed by atoms with van der Waals surface area (Å²) in [5, 5.41) is 4.22. The molecule has 4 heteroatoms. The van der Waals surface area contributed by atoms with Crippen LogP contribution in [0.2, 0.25) is 0 Å². The van der Waals surface area contributed by atoms with E-state index in [9.17, 15) is 0 Å². The Morgan fingerprint density at radius 2 is 2.25 bits per heavy atom. The molecule has 0 spiro atoms. The number of nitrogens with one attached hydrogen (secondary N) is 1. The number of hydrogen-bond acceptors (Lipinski definition) is 2. The van der Waals surface area contributed by atoms with Crippen LogP contribution in [0.1, 0.15) is 25.7 Å². The number of rotatable bonds is 1. The van der Waals surface area contributed by atoms with E-state index in [0.29, 0.717) is 6.04 Å². The van der Waals surface area contributed by atoms with Crippen molar-refractivity contribution in [3.8, 4) is 0 Å². The average molecular weight is 164 g/mol. The highest BCUT2D eigenvalue weighted by Crippen LogP contribution is 2.14. The van der Waals surface area contributed by atoms with E-state index in [0.717, 1.165) is 17.0 Å². The summed E-state index contributed by atoms with van der Waals surface area (Å²) in [4.78, 5) is 7.48. The van der Waals surface area contributed by atoms with E-state index in [4.69, 9.17) is 0 Å². The Balaban J connectivity index is 2.68. The molecule has 0 radical (unpaired) electrons. The molecule has 0 aromatic carbocycles. The summed E-state index contributed by atoms with van der Waals surface area (Å²) in [6, 6.07) is 0.366. The van der Waals surface area contributed by atoms with Gasteiger partial charge in [-0.05, 0) is 20.8 Å². The van der Waals surface area contributed by atoms with Gasteiger partial charge >= 0.3 is 0 Å². The second kappa shape index (κ2) is 2.33. The van der Waals surface area contributed by atoms with Gasteiger partial charge in [0, 0.05) is 6.04 Å². The molecule has 4 nitrogen and oxygen atoms in total. The third-order valence-corrected chi connectivity index (χ3v) is 1.85. The topological polar surface area (TPSA) is 46.5 Å². The average Bonchev–Trinajstić information content (AvgIpc) is 2.43. The number of aromatic amines is 1. The zero-order valence-electron chi connectivity index (χ0n) is 7.50. The zero-order valence-corrected chi connectivity index (χ0v) is 7.50. The first-order chi connectivity index (χ1) is 5.68. The number of hydrogen-bond donors (Lipinski definition) is 1. The molecule has 0 saturated heterocycles. The summed E-state index contributed by atoms with van der Waals surface area (Å²) in [5.41, 5.74) is 1.96. The van der Waals surface area contributed by atoms with Gasteiger partial charge in [-0.15, -0.1) is 0 Å². The van der Waals surface area contributed by atoms with Gasteiger partial charge in [0.25, 0.3) is 0 Å². The Kier molecular flexibility index (Phi) is 1.43. The van der Waals surface area contributed by atoms with Crippen molar-refractivity contribution in [1.82, 2.24) is 19.7 Å². The number of H-pyrrole nitrogens is 1. The molecule has 0 saturated carbocycles. The molecule has 12 heavy (non-hydrogen) atoms. The second-order valence-electron chi connectivity index (χ2n) is 3.24. The first-order valence-electron chi connectivity index (χ1n) is 4.08. The van der Waals surface area contributed by atoms with Gasteiger partial charge in [0.2, 0.25) is 0 Å². The molecule has 0 aliphatic heterocycles. The quantitative estimate of drug-likeness (QED) is 0.696. The minimum Gasteiger partial charge on any atom is -0.340 e. The summed E-state index contributed by atoms with van der Waals surface area (Å²) >= 11 is 0. The molecule has 0 fully saturated rings. The number of aryl methyl sites for hydroxylation is 1. The Hall–Kier alpha value is -1.32. The maximum Gasteiger partial charge on any atom is 0.176 e. The highest BCUT2D eigenvalue weighted by atomic mass is 15.3. The van der Waals surface area contributed by atoms with Gasteiger partial charge in [-0.1, -0.05) is 0 Å². The number of fused-ring (bicyclic) bond motifs is 1. The van der Waals surface area contributed by atoms with Crippen molar-refractivity contribution >= 4 is 11.2 Å². The molecule has 2 aromatic rings. The standard InChI is InChI=1S/C8H12N4/c1-5(2)12-8-7(4-9-12)10-6(3)11-8/h4-5H,1-3H3,(H,10,11). The molecule has 2 aromatic heterocycles. The van der Waals surface area contributed by atoms with Gasteiger partial charge in [-0.2, -0.15) is 5.10 Å². The van der Waals surface area contributed by atoms with E-state index >= 15 is 0 Å². The van der Waals surface area contributed by atoms with Crippen molar-refractivity contribution in [3.05, 3.63) is 12.0 Å². The zero-order chi connectivity index (χ0) is 8.72. The van der Waals surface area contributed by atoms with Gasteiger partial charge in [0.05, 0.1) is 6.20 Å². The predicted octanol–water partition coefficient (Wildman–Crippen LogP) is 1.65. The van der Waals surface area contributed by atoms with Crippen LogP contribution in [0.5, 0.6) is 0 Å². The fourth-order valence-electron chi connectivity index (χ4n) is 1.31. The largest absolute Gasteiger partial charge is 0.340 e. The van der Waals surface area contributed by atoms with E-state index in [-0.39, 0.29) is 0 Å². The van der Waals surface area contributed by atoms with Crippen LogP contribution in [-0.4, -0.2) is 19.7 Å². The van der Waals surface area contributed by atoms with Crippen molar-refractivity contribution in [3.63, 3.8) is 0 Å². The predicted molar refractivity (Wildman–Crippen MR) is 47.0 cm³/mol. The molecule has 0 atom stereocenters. The van der Waals surface area contributed by atoms with E-state index in [1.807, 2.05) is 17.8 Å². The molecule has 0 aliphatic rings. The van der Waals surface area contributed by atoms with E-state index in [1.54, 1.807) is 0 Å². The van der Waals surface area contributed by atoms with Crippen LogP contribution in [0.3, 0.4) is 0 Å². The summed E-state index contributed by atoms with van der Waals surface area (Å²) < 4.78 is 1.92. The van der Waals surface area contributed by atoms with Gasteiger partial charge in [-0.3, -0.25) is 0 Å². The fourth-order valence-corrected chi connectivity index (χ4v) is 1.31. The molecule has 2 heterocycles. The Labute approximate surface area is 70.6 Å². The minimum atomic E-state index is 0.366. The monoisotopic (exact) mass is 164 g/mol. The smallest absolute Gasteiger partial charge is 0.176 e. The Morgan fingerprint density at radius 3 is 2.92 bits per heavy atom. The first kappa shape index (κ1) is 7.34. The normalized spacial score (nSPS) is 11.7. The van der Waals surface area contributed by atoms with Crippen LogP contribution < -0.4 is 0 Å². The molecule has 0 amide bonds. The van der Waals surface area contributed by atoms with Gasteiger partial charge in [0.1, 0.15) is 11.3 Å². The Bertz CT molecular complexity index is 396. The molecule has 0 aliphatic carbocycles. The number of nitrogens with zero attached hydrogens (tertiary/aromatic N) is 3. The summed E-state index contributed by atoms with van der Waals surface area (Å²) in [6.07, 6.45) is 1.81. The first-order valence-corrected chi connectivity index (χ1v) is 4.08. The van der Waals surface area contributed by atoms with Crippen molar-refractivity contribution in [1.29, 1.82) is 0 Å². The molecule has 1 N–H and O–H groups in total. The summed E-state index contributed by atoms with van der Waals surface area (Å²) in [6.45, 7) is 6.14. The molecular formula is C8H12N4. The van der Waals surface area contributed by atoms with Crippen LogP contribution in [0, 0.1) is 6.92 Å². The summed E-state index contributed by atoms with van der Waals surface area (Å²) in [5.74, 6) is 0.941. The number of imidazole rings is 1. The van der Waals surface area contributed by atoms with Crippen LogP contribution in [0.25, 0.3) is 11.2 Å². The third kappa shape index (κ3) is 0.913. The van der Waals surface area contributed by atoms with Crippen LogP contribution in [-0.2, 0) is 0 Å². The van der Waals surface area contributed by atoms with Crippen LogP contribution >= 0.6 is 0 Å². The van der Waals surface area contributed by atoms with E-state index < -0.39 is 0 Å². The molecular weight excluding hydrogens is 152 g/mol. The molecule has 64 valence electrons. The van der Waals surface area contributed by atoms with Crippen molar-refractivity contribution in [2.75, 3.05) is 0 Å². The maximum atomic E-state index is 4.34. The molecule has 0 unspecified atom stereocenters. The van der Waals surface area contributed by atoms with Crippen molar-refractivity contribution in [2.45, 2.75) is 26.8 Å².